The Hall–Kier alpha value is -2.96. The van der Waals surface area contributed by atoms with E-state index < -0.39 is 0 Å². The maximum Gasteiger partial charge on any atom is 0.255 e. The number of ether oxygens (including phenoxy) is 1. The number of aromatic nitrogens is 2. The maximum absolute atomic E-state index is 13.1. The molecule has 0 aliphatic carbocycles. The van der Waals surface area contributed by atoms with E-state index in [1.165, 1.54) is 5.56 Å². The van der Waals surface area contributed by atoms with Crippen LogP contribution in [0.4, 0.5) is 0 Å². The minimum atomic E-state index is -0.105. The SMILES string of the molecule is Cc1ccc(-n2cc(C(=O)NCCN3CC(C)OC(C)C3)c(-c3ccccc3)n2)cc1. The molecule has 6 heteroatoms. The van der Waals surface area contributed by atoms with E-state index in [-0.39, 0.29) is 18.1 Å². The molecule has 1 aliphatic rings. The van der Waals surface area contributed by atoms with Gasteiger partial charge >= 0.3 is 0 Å². The summed E-state index contributed by atoms with van der Waals surface area (Å²) in [6.45, 7) is 9.40. The lowest BCUT2D eigenvalue weighted by Gasteiger charge is -2.35. The summed E-state index contributed by atoms with van der Waals surface area (Å²) in [7, 11) is 0. The first-order valence-electron chi connectivity index (χ1n) is 10.9. The Labute approximate surface area is 183 Å². The van der Waals surface area contributed by atoms with Gasteiger partial charge in [-0.25, -0.2) is 4.68 Å². The van der Waals surface area contributed by atoms with E-state index in [0.29, 0.717) is 17.8 Å². The molecule has 0 bridgehead atoms. The first-order chi connectivity index (χ1) is 15.0. The van der Waals surface area contributed by atoms with Gasteiger partial charge in [-0.2, -0.15) is 5.10 Å². The summed E-state index contributed by atoms with van der Waals surface area (Å²) >= 11 is 0. The molecule has 2 heterocycles. The maximum atomic E-state index is 13.1. The molecule has 4 rings (SSSR count). The largest absolute Gasteiger partial charge is 0.373 e. The van der Waals surface area contributed by atoms with Gasteiger partial charge in [0, 0.05) is 37.9 Å². The van der Waals surface area contributed by atoms with Crippen LogP contribution in [-0.2, 0) is 4.74 Å². The molecule has 31 heavy (non-hydrogen) atoms. The van der Waals surface area contributed by atoms with E-state index in [4.69, 9.17) is 9.84 Å². The predicted molar refractivity (Wildman–Crippen MR) is 123 cm³/mol. The fraction of sp³-hybridized carbons (Fsp3) is 0.360. The highest BCUT2D eigenvalue weighted by atomic mass is 16.5. The Kier molecular flexibility index (Phi) is 6.49. The molecule has 2 unspecified atom stereocenters. The average Bonchev–Trinajstić information content (AvgIpc) is 3.20. The van der Waals surface area contributed by atoms with Crippen molar-refractivity contribution < 1.29 is 9.53 Å². The lowest BCUT2D eigenvalue weighted by molar-refractivity contribution is -0.0672. The van der Waals surface area contributed by atoms with Crippen LogP contribution in [-0.4, -0.2) is 59.0 Å². The zero-order chi connectivity index (χ0) is 21.8. The predicted octanol–water partition coefficient (Wildman–Crippen LogP) is 3.69. The monoisotopic (exact) mass is 418 g/mol. The van der Waals surface area contributed by atoms with Crippen LogP contribution in [0.15, 0.2) is 60.8 Å². The normalized spacial score (nSPS) is 19.3. The number of carbonyl (C=O) groups excluding carboxylic acids is 1. The van der Waals surface area contributed by atoms with Crippen LogP contribution in [0.1, 0.15) is 29.8 Å². The van der Waals surface area contributed by atoms with E-state index >= 15 is 0 Å². The molecule has 1 aromatic heterocycles. The lowest BCUT2D eigenvalue weighted by atomic mass is 10.1. The van der Waals surface area contributed by atoms with Crippen LogP contribution < -0.4 is 5.32 Å². The van der Waals surface area contributed by atoms with Crippen LogP contribution in [0, 0.1) is 6.92 Å². The number of hydrogen-bond acceptors (Lipinski definition) is 4. The van der Waals surface area contributed by atoms with Crippen LogP contribution in [0.25, 0.3) is 16.9 Å². The van der Waals surface area contributed by atoms with Crippen LogP contribution in [0.3, 0.4) is 0 Å². The minimum Gasteiger partial charge on any atom is -0.373 e. The fourth-order valence-corrected chi connectivity index (χ4v) is 4.07. The molecule has 1 N–H and O–H groups in total. The number of morpholine rings is 1. The zero-order valence-electron chi connectivity index (χ0n) is 18.4. The quantitative estimate of drug-likeness (QED) is 0.663. The van der Waals surface area contributed by atoms with Crippen LogP contribution in [0.5, 0.6) is 0 Å². The van der Waals surface area contributed by atoms with Gasteiger partial charge in [0.2, 0.25) is 0 Å². The number of nitrogens with one attached hydrogen (secondary N) is 1. The third kappa shape index (κ3) is 5.21. The van der Waals surface area contributed by atoms with Gasteiger partial charge in [0.25, 0.3) is 5.91 Å². The molecular formula is C25H30N4O2. The van der Waals surface area contributed by atoms with Crippen LogP contribution in [0.2, 0.25) is 0 Å². The summed E-state index contributed by atoms with van der Waals surface area (Å²) in [5, 5.41) is 7.83. The third-order valence-corrected chi connectivity index (χ3v) is 5.51. The van der Waals surface area contributed by atoms with Gasteiger partial charge in [-0.3, -0.25) is 9.69 Å². The van der Waals surface area contributed by atoms with Gasteiger partial charge in [0.05, 0.1) is 23.5 Å². The summed E-state index contributed by atoms with van der Waals surface area (Å²) in [5.41, 5.74) is 4.30. The van der Waals surface area contributed by atoms with Gasteiger partial charge < -0.3 is 10.1 Å². The van der Waals surface area contributed by atoms with Crippen molar-refractivity contribution in [2.24, 2.45) is 0 Å². The molecule has 1 saturated heterocycles. The first kappa shape index (κ1) is 21.3. The van der Waals surface area contributed by atoms with Crippen molar-refractivity contribution in [1.29, 1.82) is 0 Å². The number of aryl methyl sites for hydroxylation is 1. The number of hydrogen-bond donors (Lipinski definition) is 1. The lowest BCUT2D eigenvalue weighted by Crippen LogP contribution is -2.47. The molecule has 1 fully saturated rings. The van der Waals surface area contributed by atoms with Gasteiger partial charge in [-0.1, -0.05) is 48.0 Å². The van der Waals surface area contributed by atoms with E-state index in [9.17, 15) is 4.79 Å². The standard InChI is InChI=1S/C25H30N4O2/c1-18-9-11-22(12-10-18)29-17-23(24(27-29)21-7-5-4-6-8-21)25(30)26-13-14-28-15-19(2)31-20(3)16-28/h4-12,17,19-20H,13-16H2,1-3H3,(H,26,30). The third-order valence-electron chi connectivity index (χ3n) is 5.51. The van der Waals surface area contributed by atoms with Crippen molar-refractivity contribution in [2.75, 3.05) is 26.2 Å². The highest BCUT2D eigenvalue weighted by Gasteiger charge is 2.22. The van der Waals surface area contributed by atoms with Crippen molar-refractivity contribution in [3.63, 3.8) is 0 Å². The second-order valence-electron chi connectivity index (χ2n) is 8.31. The zero-order valence-corrected chi connectivity index (χ0v) is 18.4. The molecule has 0 saturated carbocycles. The molecule has 3 aromatic rings. The van der Waals surface area contributed by atoms with Gasteiger partial charge in [0.15, 0.2) is 0 Å². The Morgan fingerprint density at radius 2 is 1.74 bits per heavy atom. The number of carbonyl (C=O) groups is 1. The van der Waals surface area contributed by atoms with E-state index in [0.717, 1.165) is 30.9 Å². The Morgan fingerprint density at radius 3 is 2.42 bits per heavy atom. The molecule has 2 aromatic carbocycles. The highest BCUT2D eigenvalue weighted by Crippen LogP contribution is 2.24. The summed E-state index contributed by atoms with van der Waals surface area (Å²) in [4.78, 5) is 15.4. The van der Waals surface area contributed by atoms with Crippen LogP contribution >= 0.6 is 0 Å². The Balaban J connectivity index is 1.51. The molecule has 6 nitrogen and oxygen atoms in total. The average molecular weight is 419 g/mol. The van der Waals surface area contributed by atoms with Crippen molar-refractivity contribution >= 4 is 5.91 Å². The van der Waals surface area contributed by atoms with Crippen molar-refractivity contribution in [1.82, 2.24) is 20.0 Å². The van der Waals surface area contributed by atoms with Crippen molar-refractivity contribution in [3.05, 3.63) is 71.9 Å². The Bertz CT molecular complexity index is 1000. The molecule has 0 radical (unpaired) electrons. The number of nitrogens with zero attached hydrogens (tertiary/aromatic N) is 3. The van der Waals surface area contributed by atoms with E-state index in [1.54, 1.807) is 4.68 Å². The van der Waals surface area contributed by atoms with Crippen molar-refractivity contribution in [3.8, 4) is 16.9 Å². The van der Waals surface area contributed by atoms with E-state index in [1.807, 2.05) is 60.8 Å². The topological polar surface area (TPSA) is 59.4 Å². The number of benzene rings is 2. The highest BCUT2D eigenvalue weighted by molar-refractivity contribution is 5.99. The molecule has 1 aliphatic heterocycles. The second kappa shape index (κ2) is 9.45. The number of rotatable bonds is 6. The summed E-state index contributed by atoms with van der Waals surface area (Å²) in [5.74, 6) is -0.105. The summed E-state index contributed by atoms with van der Waals surface area (Å²) in [6, 6.07) is 18.0. The molecule has 1 amide bonds. The smallest absolute Gasteiger partial charge is 0.255 e. The van der Waals surface area contributed by atoms with Gasteiger partial charge in [0.1, 0.15) is 5.69 Å². The minimum absolute atomic E-state index is 0.105. The van der Waals surface area contributed by atoms with Gasteiger partial charge in [-0.05, 0) is 32.9 Å². The fourth-order valence-electron chi connectivity index (χ4n) is 4.07. The first-order valence-corrected chi connectivity index (χ1v) is 10.9. The second-order valence-corrected chi connectivity index (χ2v) is 8.31. The Morgan fingerprint density at radius 1 is 1.06 bits per heavy atom. The summed E-state index contributed by atoms with van der Waals surface area (Å²) < 4.78 is 7.57. The van der Waals surface area contributed by atoms with E-state index in [2.05, 4.69) is 31.0 Å². The molecule has 2 atom stereocenters. The molecular weight excluding hydrogens is 388 g/mol. The number of amides is 1. The van der Waals surface area contributed by atoms with Gasteiger partial charge in [-0.15, -0.1) is 0 Å². The van der Waals surface area contributed by atoms with Crippen molar-refractivity contribution in [2.45, 2.75) is 33.0 Å². The molecule has 0 spiro atoms. The molecule has 162 valence electrons. The summed E-state index contributed by atoms with van der Waals surface area (Å²) in [6.07, 6.45) is 2.26.